The third-order valence-corrected chi connectivity index (χ3v) is 8.31. The molecular weight excluding hydrogens is 580 g/mol. The van der Waals surface area contributed by atoms with E-state index in [0.717, 1.165) is 22.9 Å². The Morgan fingerprint density at radius 1 is 0.932 bits per heavy atom. The number of hydrogen-bond acceptors (Lipinski definition) is 7. The lowest BCUT2D eigenvalue weighted by Gasteiger charge is -2.37. The molecule has 3 aromatic rings. The van der Waals surface area contributed by atoms with Crippen LogP contribution in [-0.4, -0.2) is 66.0 Å². The van der Waals surface area contributed by atoms with Crippen molar-refractivity contribution < 1.29 is 28.2 Å². The molecule has 4 atom stereocenters. The lowest BCUT2D eigenvalue weighted by Crippen LogP contribution is -2.62. The van der Waals surface area contributed by atoms with E-state index in [-0.39, 0.29) is 19.5 Å². The highest BCUT2D eigenvalue weighted by Gasteiger charge is 2.43. The van der Waals surface area contributed by atoms with Gasteiger partial charge in [-0.15, -0.1) is 0 Å². The standard InChI is InChI=1S/C33H42N4O6S/c1-32(2,3)29(36-44(4,42)43)30(39)35-37(21-24-15-9-6-10-16-24)22-33(41,20-23-13-7-5-8-14-23)31(40)34-28-26-18-12-11-17-25(26)19-27(28)38/h5-18,27-29,36,38,41H,19-22H2,1-4H3,(H,34,40)(H,35,39)/t27-,28?,29-,33+/m1/s1. The highest BCUT2D eigenvalue weighted by atomic mass is 32.2. The van der Waals surface area contributed by atoms with E-state index in [1.54, 1.807) is 45.0 Å². The first kappa shape index (κ1) is 33.3. The highest BCUT2D eigenvalue weighted by Crippen LogP contribution is 2.32. The third kappa shape index (κ3) is 8.73. The van der Waals surface area contributed by atoms with Crippen LogP contribution in [0.1, 0.15) is 49.1 Å². The maximum atomic E-state index is 14.0. The summed E-state index contributed by atoms with van der Waals surface area (Å²) in [5.41, 5.74) is 3.10. The number of aliphatic hydroxyl groups excluding tert-OH is 1. The number of aliphatic hydroxyl groups is 2. The molecule has 44 heavy (non-hydrogen) atoms. The number of rotatable bonds is 12. The molecule has 3 aromatic carbocycles. The highest BCUT2D eigenvalue weighted by molar-refractivity contribution is 7.88. The van der Waals surface area contributed by atoms with Crippen LogP contribution in [-0.2, 0) is 39.0 Å². The normalized spacial score (nSPS) is 18.7. The van der Waals surface area contributed by atoms with Gasteiger partial charge in [-0.25, -0.2) is 18.1 Å². The molecule has 0 fully saturated rings. The van der Waals surface area contributed by atoms with Crippen LogP contribution in [0.5, 0.6) is 0 Å². The summed E-state index contributed by atoms with van der Waals surface area (Å²) in [6.07, 6.45) is 0.400. The van der Waals surface area contributed by atoms with Crippen molar-refractivity contribution in [3.05, 3.63) is 107 Å². The Balaban J connectivity index is 1.68. The number of hydrogen-bond donors (Lipinski definition) is 5. The molecule has 1 unspecified atom stereocenters. The first-order chi connectivity index (χ1) is 20.6. The minimum Gasteiger partial charge on any atom is -0.390 e. The van der Waals surface area contributed by atoms with Crippen molar-refractivity contribution in [3.63, 3.8) is 0 Å². The second-order valence-electron chi connectivity index (χ2n) is 12.6. The van der Waals surface area contributed by atoms with Crippen molar-refractivity contribution in [3.8, 4) is 0 Å². The second kappa shape index (κ2) is 13.6. The fraction of sp³-hybridized carbons (Fsp3) is 0.394. The average molecular weight is 623 g/mol. The van der Waals surface area contributed by atoms with E-state index < -0.39 is 51.0 Å². The van der Waals surface area contributed by atoms with E-state index in [0.29, 0.717) is 12.0 Å². The molecule has 10 nitrogen and oxygen atoms in total. The number of benzene rings is 3. The van der Waals surface area contributed by atoms with Crippen LogP contribution < -0.4 is 15.5 Å². The quantitative estimate of drug-likeness (QED) is 0.195. The van der Waals surface area contributed by atoms with Crippen LogP contribution in [0.4, 0.5) is 0 Å². The number of carbonyl (C=O) groups is 2. The van der Waals surface area contributed by atoms with E-state index in [9.17, 15) is 28.2 Å². The summed E-state index contributed by atoms with van der Waals surface area (Å²) in [6.45, 7) is 4.98. The lowest BCUT2D eigenvalue weighted by molar-refractivity contribution is -0.147. The smallest absolute Gasteiger partial charge is 0.254 e. The Labute approximate surface area is 259 Å². The van der Waals surface area contributed by atoms with Crippen molar-refractivity contribution >= 4 is 21.8 Å². The molecule has 0 bridgehead atoms. The topological polar surface area (TPSA) is 148 Å². The molecule has 5 N–H and O–H groups in total. The zero-order valence-electron chi connectivity index (χ0n) is 25.5. The maximum Gasteiger partial charge on any atom is 0.254 e. The summed E-state index contributed by atoms with van der Waals surface area (Å²) in [5.74, 6) is -1.35. The van der Waals surface area contributed by atoms with Gasteiger partial charge in [-0.05, 0) is 27.7 Å². The Kier molecular flexibility index (Phi) is 10.3. The molecule has 1 aliphatic rings. The SMILES string of the molecule is CC(C)(C)[C@H](NS(C)(=O)=O)C(=O)NN(Cc1ccccc1)C[C@@](O)(Cc1ccccc1)C(=O)NC1c2ccccc2C[C@H]1O. The molecule has 1 aliphatic carbocycles. The van der Waals surface area contributed by atoms with Gasteiger partial charge in [-0.3, -0.25) is 15.0 Å². The maximum absolute atomic E-state index is 14.0. The molecule has 2 amide bonds. The molecule has 0 saturated heterocycles. The van der Waals surface area contributed by atoms with Crippen LogP contribution in [0.25, 0.3) is 0 Å². The predicted octanol–water partition coefficient (Wildman–Crippen LogP) is 2.23. The van der Waals surface area contributed by atoms with Gasteiger partial charge in [0.1, 0.15) is 6.04 Å². The van der Waals surface area contributed by atoms with Gasteiger partial charge >= 0.3 is 0 Å². The summed E-state index contributed by atoms with van der Waals surface area (Å²) in [5, 5.41) is 27.3. The zero-order valence-corrected chi connectivity index (χ0v) is 26.3. The molecule has 236 valence electrons. The van der Waals surface area contributed by atoms with E-state index in [2.05, 4.69) is 15.5 Å². The molecule has 0 spiro atoms. The Bertz CT molecular complexity index is 1550. The number of carbonyl (C=O) groups excluding carboxylic acids is 2. The minimum atomic E-state index is -3.75. The Morgan fingerprint density at radius 3 is 2.09 bits per heavy atom. The fourth-order valence-corrected chi connectivity index (χ4v) is 6.37. The van der Waals surface area contributed by atoms with Gasteiger partial charge in [-0.1, -0.05) is 106 Å². The van der Waals surface area contributed by atoms with Gasteiger partial charge in [0, 0.05) is 19.4 Å². The van der Waals surface area contributed by atoms with Crippen LogP contribution in [0, 0.1) is 5.41 Å². The average Bonchev–Trinajstić information content (AvgIpc) is 3.26. The molecular formula is C33H42N4O6S. The number of fused-ring (bicyclic) bond motifs is 1. The lowest BCUT2D eigenvalue weighted by atomic mass is 9.87. The van der Waals surface area contributed by atoms with Crippen molar-refractivity contribution in [1.82, 2.24) is 20.5 Å². The molecule has 0 aliphatic heterocycles. The van der Waals surface area contributed by atoms with Crippen LogP contribution in [0.15, 0.2) is 84.9 Å². The van der Waals surface area contributed by atoms with E-state index in [1.165, 1.54) is 5.01 Å². The number of nitrogens with one attached hydrogen (secondary N) is 3. The van der Waals surface area contributed by atoms with Gasteiger partial charge in [0.25, 0.3) is 11.8 Å². The van der Waals surface area contributed by atoms with Crippen LogP contribution >= 0.6 is 0 Å². The van der Waals surface area contributed by atoms with E-state index >= 15 is 0 Å². The summed E-state index contributed by atoms with van der Waals surface area (Å²) in [7, 11) is -3.75. The molecule has 0 saturated carbocycles. The third-order valence-electron chi connectivity index (χ3n) is 7.65. The summed E-state index contributed by atoms with van der Waals surface area (Å²) < 4.78 is 26.7. The fourth-order valence-electron chi connectivity index (χ4n) is 5.48. The van der Waals surface area contributed by atoms with Gasteiger partial charge in [0.15, 0.2) is 5.60 Å². The van der Waals surface area contributed by atoms with Crippen LogP contribution in [0.2, 0.25) is 0 Å². The van der Waals surface area contributed by atoms with Gasteiger partial charge < -0.3 is 15.5 Å². The van der Waals surface area contributed by atoms with Crippen LogP contribution in [0.3, 0.4) is 0 Å². The van der Waals surface area contributed by atoms with Crippen molar-refractivity contribution in [2.24, 2.45) is 5.41 Å². The van der Waals surface area contributed by atoms with Crippen molar-refractivity contribution in [1.29, 1.82) is 0 Å². The van der Waals surface area contributed by atoms with E-state index in [1.807, 2.05) is 60.7 Å². The van der Waals surface area contributed by atoms with Crippen molar-refractivity contribution in [2.45, 2.75) is 63.9 Å². The largest absolute Gasteiger partial charge is 0.390 e. The Hall–Kier alpha value is -3.61. The number of hydrazine groups is 1. The zero-order chi connectivity index (χ0) is 32.1. The Morgan fingerprint density at radius 2 is 1.50 bits per heavy atom. The number of amides is 2. The molecule has 0 radical (unpaired) electrons. The van der Waals surface area contributed by atoms with Gasteiger partial charge in [-0.2, -0.15) is 0 Å². The van der Waals surface area contributed by atoms with Gasteiger partial charge in [0.2, 0.25) is 10.0 Å². The predicted molar refractivity (Wildman–Crippen MR) is 168 cm³/mol. The van der Waals surface area contributed by atoms with E-state index in [4.69, 9.17) is 0 Å². The first-order valence-electron chi connectivity index (χ1n) is 14.5. The summed E-state index contributed by atoms with van der Waals surface area (Å²) >= 11 is 0. The summed E-state index contributed by atoms with van der Waals surface area (Å²) in [4.78, 5) is 27.7. The molecule has 0 aromatic heterocycles. The second-order valence-corrected chi connectivity index (χ2v) is 14.4. The summed E-state index contributed by atoms with van der Waals surface area (Å²) in [6, 6.07) is 23.8. The number of nitrogens with zero attached hydrogens (tertiary/aromatic N) is 1. The molecule has 0 heterocycles. The van der Waals surface area contributed by atoms with Gasteiger partial charge in [0.05, 0.1) is 24.9 Å². The monoisotopic (exact) mass is 622 g/mol. The van der Waals surface area contributed by atoms with Crippen molar-refractivity contribution in [2.75, 3.05) is 12.8 Å². The number of sulfonamides is 1. The first-order valence-corrected chi connectivity index (χ1v) is 16.4. The minimum absolute atomic E-state index is 0.0877. The molecule has 11 heteroatoms. The molecule has 4 rings (SSSR count).